The number of likely N-dealkylation sites (tertiary alicyclic amines) is 5. The summed E-state index contributed by atoms with van der Waals surface area (Å²) in [6.07, 6.45) is 25.8. The van der Waals surface area contributed by atoms with Crippen LogP contribution in [0.3, 0.4) is 0 Å². The summed E-state index contributed by atoms with van der Waals surface area (Å²) < 4.78 is 138. The Labute approximate surface area is 791 Å². The molecule has 4 amide bonds. The molecule has 36 heteroatoms. The lowest BCUT2D eigenvalue weighted by atomic mass is 9.85. The first-order valence-electron chi connectivity index (χ1n) is 48.3. The number of piperidine rings is 12. The number of amides is 4. The van der Waals surface area contributed by atoms with Crippen molar-refractivity contribution in [1.29, 1.82) is 0 Å². The highest BCUT2D eigenvalue weighted by Crippen LogP contribution is 2.46. The minimum atomic E-state index is -3.72. The summed E-state index contributed by atoms with van der Waals surface area (Å²) in [5.74, 6) is 0. The maximum absolute atomic E-state index is 13.6. The Kier molecular flexibility index (Phi) is 33.5. The van der Waals surface area contributed by atoms with Crippen LogP contribution in [-0.2, 0) is 59.0 Å². The van der Waals surface area contributed by atoms with Gasteiger partial charge in [0.25, 0.3) is 0 Å². The highest BCUT2D eigenvalue weighted by molar-refractivity contribution is 7.90. The predicted molar refractivity (Wildman–Crippen MR) is 500 cm³/mol. The molecule has 130 heavy (non-hydrogen) atoms. The molecule has 720 valence electrons. The third-order valence-corrected chi connectivity index (χ3v) is 39.3. The van der Waals surface area contributed by atoms with E-state index in [2.05, 4.69) is 28.5 Å². The standard InChI is InChI=1S/C25H36ClN3O4S.C24H34ClN3O4S.C23H33ClN2O5S.C22H32ClN3O4S/c26-19-7-10-22(11-8-19)34(31,32)29-21-5-4-6-23(29)24(12-9-21)33-25(30)28-17-13-20(14-18-28)27-15-2-1-3-16-27;25-18-6-9-21(10-7-18)33(30,31)28-20-4-3-5-22(28)23(11-8-20)32-24(29)27-16-12-19(13-17-27)26-14-1-2-15-26;1-2-12-23(28)13-15-25(16-14-23)22(27)31-21-11-8-18-4-3-5-20(21)26(18)32(29,30)19-9-6-17(24)7-10-19;1-16(2)24-12-14-25(15-13-24)22(27)30-21-11-8-18-4-3-5-20(21)26(18)31(28,29)19-9-6-17(23)7-10-19/h7-8,10-11,20-21,23-24H,1-6,9,12-18H2;6-7,9-10,19-20,22-23H,1-5,8,11-17H2;6-7,9-10,18,20-21,28H,2-5,8,11-16H2,1H3;6-7,9-10,16,18,20-21H,3-5,8,11-15H2,1-2H3/t21?,23?,24-;20?,22?,23-;2*18?,20?,21-/m0000/s1. The minimum Gasteiger partial charge on any atom is -0.444 e. The van der Waals surface area contributed by atoms with Crippen LogP contribution in [0.4, 0.5) is 19.2 Å². The fourth-order valence-corrected chi connectivity index (χ4v) is 31.5. The Morgan fingerprint density at radius 1 is 0.323 bits per heavy atom. The largest absolute Gasteiger partial charge is 0.444 e. The van der Waals surface area contributed by atoms with Crippen LogP contribution in [0.5, 0.6) is 0 Å². The van der Waals surface area contributed by atoms with E-state index in [-0.39, 0.29) is 86.2 Å². The molecule has 18 rings (SSSR count). The number of rotatable bonds is 17. The van der Waals surface area contributed by atoms with Gasteiger partial charge in [-0.2, -0.15) is 17.2 Å². The Balaban J connectivity index is 0.000000133. The van der Waals surface area contributed by atoms with Crippen LogP contribution in [0, 0.1) is 0 Å². The van der Waals surface area contributed by atoms with Gasteiger partial charge >= 0.3 is 24.4 Å². The monoisotopic (exact) mass is 1960 g/mol. The topological polar surface area (TPSA) is 298 Å². The lowest BCUT2D eigenvalue weighted by molar-refractivity contribution is -0.0487. The fraction of sp³-hybridized carbons (Fsp3) is 0.702. The van der Waals surface area contributed by atoms with Crippen molar-refractivity contribution in [3.05, 3.63) is 117 Å². The maximum Gasteiger partial charge on any atom is 0.410 e. The van der Waals surface area contributed by atoms with E-state index in [9.17, 15) is 58.0 Å². The SMILES string of the molecule is CC(C)N1CCN(C(=O)O[C@H]2CCC3CCCC2N3S(=O)(=O)c2ccc(Cl)cc2)CC1.CCCC1(O)CCN(C(=O)O[C@H]2CCC3CCCC2N3S(=O)(=O)c2ccc(Cl)cc2)CC1.O=C(O[C@H]1CCC2CCCC1N2S(=O)(=O)c1ccc(Cl)cc1)N1CCC(N2CCCC2)CC1.O=C(O[C@H]1CCC2CCCC1N2S(=O)(=O)c1ccc(Cl)cc1)N1CCC(N2CCCCC2)CC1. The average Bonchev–Trinajstić information content (AvgIpc) is 0.969. The summed E-state index contributed by atoms with van der Waals surface area (Å²) in [7, 11) is -14.8. The van der Waals surface area contributed by atoms with Crippen LogP contribution in [0.15, 0.2) is 117 Å². The lowest BCUT2D eigenvalue weighted by Crippen LogP contribution is -2.59. The second-order valence-corrected chi connectivity index (χ2v) is 47.7. The number of ether oxygens (including phenoxy) is 4. The Morgan fingerprint density at radius 3 is 0.838 bits per heavy atom. The molecule has 0 saturated carbocycles. The van der Waals surface area contributed by atoms with Gasteiger partial charge in [-0.15, -0.1) is 0 Å². The third-order valence-electron chi connectivity index (χ3n) is 30.3. The first-order chi connectivity index (χ1) is 62.4. The summed E-state index contributed by atoms with van der Waals surface area (Å²) in [6, 6.07) is 25.4. The van der Waals surface area contributed by atoms with Crippen molar-refractivity contribution >= 4 is 111 Å². The molecule has 14 fully saturated rings. The molecular weight excluding hydrogens is 1830 g/mol. The molecule has 28 nitrogen and oxygen atoms in total. The van der Waals surface area contributed by atoms with Crippen molar-refractivity contribution < 1.29 is 76.9 Å². The zero-order valence-electron chi connectivity index (χ0n) is 75.7. The zero-order valence-corrected chi connectivity index (χ0v) is 82.0. The normalized spacial score (nSPS) is 29.0. The molecule has 4 aromatic rings. The first kappa shape index (κ1) is 99.1. The number of halogens is 4. The molecule has 12 atom stereocenters. The van der Waals surface area contributed by atoms with E-state index in [1.165, 1.54) is 70.4 Å². The van der Waals surface area contributed by atoms with Gasteiger partial charge in [-0.1, -0.05) is 91.9 Å². The van der Waals surface area contributed by atoms with Crippen LogP contribution in [0.1, 0.15) is 233 Å². The molecule has 1 N–H and O–H groups in total. The van der Waals surface area contributed by atoms with Crippen molar-refractivity contribution in [3.8, 4) is 0 Å². The van der Waals surface area contributed by atoms with Gasteiger partial charge in [-0.25, -0.2) is 52.8 Å². The number of benzene rings is 4. The summed E-state index contributed by atoms with van der Waals surface area (Å²) in [6.45, 7) is 17.8. The van der Waals surface area contributed by atoms with Crippen LogP contribution in [0.2, 0.25) is 20.1 Å². The molecule has 8 unspecified atom stereocenters. The summed E-state index contributed by atoms with van der Waals surface area (Å²) in [5.41, 5.74) is -0.698. The van der Waals surface area contributed by atoms with Crippen molar-refractivity contribution in [2.45, 2.75) is 349 Å². The van der Waals surface area contributed by atoms with E-state index >= 15 is 0 Å². The van der Waals surface area contributed by atoms with Gasteiger partial charge in [0.1, 0.15) is 24.4 Å². The van der Waals surface area contributed by atoms with Crippen molar-refractivity contribution in [3.63, 3.8) is 0 Å². The van der Waals surface area contributed by atoms with Crippen LogP contribution < -0.4 is 0 Å². The summed E-state index contributed by atoms with van der Waals surface area (Å²) in [5, 5.41) is 12.6. The van der Waals surface area contributed by atoms with Gasteiger partial charge in [0.2, 0.25) is 40.1 Å². The smallest absolute Gasteiger partial charge is 0.410 e. The van der Waals surface area contributed by atoms with Gasteiger partial charge in [0.15, 0.2) is 0 Å². The van der Waals surface area contributed by atoms with Gasteiger partial charge < -0.3 is 53.5 Å². The molecule has 0 spiro atoms. The van der Waals surface area contributed by atoms with Crippen molar-refractivity contribution in [2.75, 3.05) is 91.6 Å². The second-order valence-electron chi connectivity index (χ2n) is 38.6. The Bertz CT molecular complexity index is 4930. The fourth-order valence-electron chi connectivity index (χ4n) is 23.3. The number of fused-ring (bicyclic) bond motifs is 8. The average molecular weight is 1960 g/mol. The van der Waals surface area contributed by atoms with E-state index < -0.39 is 76.2 Å². The molecule has 0 aliphatic carbocycles. The first-order valence-corrected chi connectivity index (χ1v) is 55.6. The second kappa shape index (κ2) is 43.9. The Hall–Kier alpha value is -5.40. The molecule has 14 aliphatic heterocycles. The van der Waals surface area contributed by atoms with Crippen LogP contribution in [0.25, 0.3) is 0 Å². The molecule has 8 bridgehead atoms. The highest BCUT2D eigenvalue weighted by atomic mass is 35.5. The quantitative estimate of drug-likeness (QED) is 0.0960. The number of sulfonamides is 4. The number of carbonyl (C=O) groups excluding carboxylic acids is 4. The van der Waals surface area contributed by atoms with Gasteiger partial charge in [-0.05, 0) is 310 Å². The molecule has 0 radical (unpaired) electrons. The molecular formula is C94H135Cl4N11O17S4. The summed E-state index contributed by atoms with van der Waals surface area (Å²) >= 11 is 23.8. The van der Waals surface area contributed by atoms with Crippen molar-refractivity contribution in [1.82, 2.24) is 51.5 Å². The van der Waals surface area contributed by atoms with Crippen LogP contribution in [-0.4, -0.2) is 303 Å². The number of hydrogen-bond donors (Lipinski definition) is 1. The van der Waals surface area contributed by atoms with Crippen molar-refractivity contribution in [2.24, 2.45) is 0 Å². The van der Waals surface area contributed by atoms with E-state index in [1.54, 1.807) is 112 Å². The number of nitrogens with zero attached hydrogens (tertiary/aromatic N) is 11. The maximum atomic E-state index is 13.6. The number of hydrogen-bond acceptors (Lipinski definition) is 20. The molecule has 4 aromatic carbocycles. The van der Waals surface area contributed by atoms with E-state index in [0.717, 1.165) is 142 Å². The lowest BCUT2D eigenvalue weighted by Gasteiger charge is -2.48. The summed E-state index contributed by atoms with van der Waals surface area (Å²) in [4.78, 5) is 67.4. The third kappa shape index (κ3) is 23.2. The Morgan fingerprint density at radius 2 is 0.577 bits per heavy atom. The van der Waals surface area contributed by atoms with Crippen LogP contribution >= 0.6 is 46.4 Å². The van der Waals surface area contributed by atoms with E-state index in [1.807, 2.05) is 16.7 Å². The molecule has 14 aliphatic rings. The van der Waals surface area contributed by atoms with E-state index in [4.69, 9.17) is 65.4 Å². The molecule has 14 saturated heterocycles. The highest BCUT2D eigenvalue weighted by Gasteiger charge is 2.54. The van der Waals surface area contributed by atoms with Gasteiger partial charge in [0.05, 0.1) is 49.4 Å². The molecule has 14 heterocycles. The number of piperazine rings is 1. The van der Waals surface area contributed by atoms with E-state index in [0.29, 0.717) is 142 Å². The van der Waals surface area contributed by atoms with Gasteiger partial charge in [-0.3, -0.25) is 4.90 Å². The zero-order chi connectivity index (χ0) is 91.8. The number of carbonyl (C=O) groups is 4. The van der Waals surface area contributed by atoms with Gasteiger partial charge in [0, 0.05) is 128 Å². The minimum absolute atomic E-state index is 0.0319. The molecule has 0 aromatic heterocycles. The number of aliphatic hydroxyl groups is 1. The predicted octanol–water partition coefficient (Wildman–Crippen LogP) is 16.4.